The Labute approximate surface area is 91.0 Å². The highest BCUT2D eigenvalue weighted by Gasteiger charge is 2.56. The molecule has 92 valence electrons. The van der Waals surface area contributed by atoms with E-state index in [0.29, 0.717) is 6.42 Å². The summed E-state index contributed by atoms with van der Waals surface area (Å²) in [7, 11) is 0. The van der Waals surface area contributed by atoms with Crippen LogP contribution in [-0.4, -0.2) is 29.3 Å². The molecule has 0 aromatic rings. The normalized spacial score (nSPS) is 37.9. The number of halogens is 3. The van der Waals surface area contributed by atoms with Gasteiger partial charge in [-0.1, -0.05) is 6.42 Å². The summed E-state index contributed by atoms with van der Waals surface area (Å²) in [6, 6.07) is 0. The molecule has 3 nitrogen and oxygen atoms in total. The first-order valence-electron chi connectivity index (χ1n) is 5.39. The molecule has 2 rings (SSSR count). The van der Waals surface area contributed by atoms with Crippen molar-refractivity contribution < 1.29 is 23.1 Å². The second-order valence-corrected chi connectivity index (χ2v) is 4.83. The van der Waals surface area contributed by atoms with Crippen LogP contribution in [0.1, 0.15) is 25.7 Å². The van der Waals surface area contributed by atoms with Gasteiger partial charge in [0.2, 0.25) is 0 Å². The topological polar surface area (TPSA) is 49.3 Å². The van der Waals surface area contributed by atoms with E-state index in [0.717, 1.165) is 19.3 Å². The van der Waals surface area contributed by atoms with Crippen LogP contribution in [-0.2, 0) is 4.79 Å². The average Bonchev–Trinajstić information content (AvgIpc) is 2.72. The molecule has 2 N–H and O–H groups in total. The SMILES string of the molecule is O=C(O)C1(NCC(F)(F)F)CC2CCC1C2. The van der Waals surface area contributed by atoms with Gasteiger partial charge in [-0.15, -0.1) is 0 Å². The van der Waals surface area contributed by atoms with Gasteiger partial charge in [0.1, 0.15) is 5.54 Å². The van der Waals surface area contributed by atoms with E-state index in [-0.39, 0.29) is 11.8 Å². The molecule has 0 aliphatic heterocycles. The average molecular weight is 237 g/mol. The van der Waals surface area contributed by atoms with Crippen molar-refractivity contribution in [1.82, 2.24) is 5.32 Å². The van der Waals surface area contributed by atoms with Crippen molar-refractivity contribution in [3.63, 3.8) is 0 Å². The van der Waals surface area contributed by atoms with Crippen LogP contribution in [0.5, 0.6) is 0 Å². The van der Waals surface area contributed by atoms with Gasteiger partial charge in [-0.2, -0.15) is 13.2 Å². The van der Waals surface area contributed by atoms with Crippen LogP contribution < -0.4 is 5.32 Å². The number of rotatable bonds is 3. The Hall–Kier alpha value is -0.780. The van der Waals surface area contributed by atoms with Crippen molar-refractivity contribution >= 4 is 5.97 Å². The molecule has 0 amide bonds. The van der Waals surface area contributed by atoms with Crippen molar-refractivity contribution in [2.45, 2.75) is 37.4 Å². The van der Waals surface area contributed by atoms with Gasteiger partial charge >= 0.3 is 12.1 Å². The molecule has 2 fully saturated rings. The van der Waals surface area contributed by atoms with E-state index in [1.54, 1.807) is 0 Å². The number of carboxylic acids is 1. The molecule has 3 unspecified atom stereocenters. The number of hydrogen-bond acceptors (Lipinski definition) is 2. The highest BCUT2D eigenvalue weighted by molar-refractivity contribution is 5.80. The first-order valence-corrected chi connectivity index (χ1v) is 5.39. The number of carbonyl (C=O) groups is 1. The van der Waals surface area contributed by atoms with E-state index in [1.807, 2.05) is 0 Å². The third-order valence-electron chi connectivity index (χ3n) is 3.83. The van der Waals surface area contributed by atoms with Crippen LogP contribution in [0.2, 0.25) is 0 Å². The fourth-order valence-electron chi connectivity index (χ4n) is 3.14. The van der Waals surface area contributed by atoms with Crippen LogP contribution in [0.25, 0.3) is 0 Å². The van der Waals surface area contributed by atoms with E-state index < -0.39 is 24.2 Å². The molecular formula is C10H14F3NO2. The molecule has 2 aliphatic rings. The zero-order valence-electron chi connectivity index (χ0n) is 8.68. The Morgan fingerprint density at radius 2 is 2.12 bits per heavy atom. The quantitative estimate of drug-likeness (QED) is 0.786. The van der Waals surface area contributed by atoms with Gasteiger partial charge in [0, 0.05) is 0 Å². The minimum atomic E-state index is -4.36. The molecule has 16 heavy (non-hydrogen) atoms. The lowest BCUT2D eigenvalue weighted by Crippen LogP contribution is -2.58. The Bertz CT molecular complexity index is 305. The van der Waals surface area contributed by atoms with Crippen LogP contribution >= 0.6 is 0 Å². The van der Waals surface area contributed by atoms with Gasteiger partial charge < -0.3 is 5.11 Å². The van der Waals surface area contributed by atoms with E-state index in [2.05, 4.69) is 5.32 Å². The molecule has 3 atom stereocenters. The third kappa shape index (κ3) is 1.90. The van der Waals surface area contributed by atoms with Crippen LogP contribution in [0.4, 0.5) is 13.2 Å². The molecule has 6 heteroatoms. The second kappa shape index (κ2) is 3.61. The lowest BCUT2D eigenvalue weighted by Gasteiger charge is -2.34. The summed E-state index contributed by atoms with van der Waals surface area (Å²) in [6.45, 7) is -1.22. The van der Waals surface area contributed by atoms with Gasteiger partial charge in [0.05, 0.1) is 6.54 Å². The summed E-state index contributed by atoms with van der Waals surface area (Å²) in [5.74, 6) is -0.997. The van der Waals surface area contributed by atoms with Crippen LogP contribution in [0.15, 0.2) is 0 Å². The largest absolute Gasteiger partial charge is 0.480 e. The maximum atomic E-state index is 12.1. The predicted molar refractivity (Wildman–Crippen MR) is 49.9 cm³/mol. The molecule has 2 saturated carbocycles. The minimum Gasteiger partial charge on any atom is -0.480 e. The van der Waals surface area contributed by atoms with Crippen molar-refractivity contribution in [1.29, 1.82) is 0 Å². The van der Waals surface area contributed by atoms with Gasteiger partial charge in [0.15, 0.2) is 0 Å². The number of hydrogen-bond donors (Lipinski definition) is 2. The van der Waals surface area contributed by atoms with Gasteiger partial charge in [0.25, 0.3) is 0 Å². The van der Waals surface area contributed by atoms with Gasteiger partial charge in [-0.25, -0.2) is 0 Å². The maximum absolute atomic E-state index is 12.1. The Morgan fingerprint density at radius 1 is 1.44 bits per heavy atom. The molecule has 0 radical (unpaired) electrons. The molecular weight excluding hydrogens is 223 g/mol. The summed E-state index contributed by atoms with van der Waals surface area (Å²) in [6.07, 6.45) is -1.60. The van der Waals surface area contributed by atoms with Crippen LogP contribution in [0, 0.1) is 11.8 Å². The van der Waals surface area contributed by atoms with E-state index in [1.165, 1.54) is 0 Å². The summed E-state index contributed by atoms with van der Waals surface area (Å²) in [4.78, 5) is 11.2. The molecule has 0 aromatic carbocycles. The fraction of sp³-hybridized carbons (Fsp3) is 0.900. The lowest BCUT2D eigenvalue weighted by atomic mass is 9.81. The smallest absolute Gasteiger partial charge is 0.401 e. The van der Waals surface area contributed by atoms with Crippen molar-refractivity contribution in [2.24, 2.45) is 11.8 Å². The molecule has 0 aromatic heterocycles. The van der Waals surface area contributed by atoms with E-state index in [9.17, 15) is 18.0 Å². The first kappa shape index (κ1) is 11.7. The van der Waals surface area contributed by atoms with Crippen LogP contribution in [0.3, 0.4) is 0 Å². The second-order valence-electron chi connectivity index (χ2n) is 4.83. The number of nitrogens with one attached hydrogen (secondary N) is 1. The number of alkyl halides is 3. The van der Waals surface area contributed by atoms with E-state index >= 15 is 0 Å². The Kier molecular flexibility index (Phi) is 2.64. The Balaban J connectivity index is 2.09. The molecule has 0 spiro atoms. The maximum Gasteiger partial charge on any atom is 0.401 e. The molecule has 0 saturated heterocycles. The lowest BCUT2D eigenvalue weighted by molar-refractivity contribution is -0.153. The first-order chi connectivity index (χ1) is 7.33. The summed E-state index contributed by atoms with van der Waals surface area (Å²) in [5, 5.41) is 11.4. The fourth-order valence-corrected chi connectivity index (χ4v) is 3.14. The highest BCUT2D eigenvalue weighted by atomic mass is 19.4. The summed E-state index contributed by atoms with van der Waals surface area (Å²) < 4.78 is 36.4. The van der Waals surface area contributed by atoms with Gasteiger partial charge in [-0.3, -0.25) is 10.1 Å². The number of carboxylic acid groups (broad SMARTS) is 1. The van der Waals surface area contributed by atoms with Crippen molar-refractivity contribution in [3.05, 3.63) is 0 Å². The summed E-state index contributed by atoms with van der Waals surface area (Å²) in [5.41, 5.74) is -1.33. The van der Waals surface area contributed by atoms with Crippen molar-refractivity contribution in [2.75, 3.05) is 6.54 Å². The van der Waals surface area contributed by atoms with E-state index in [4.69, 9.17) is 5.11 Å². The standard InChI is InChI=1S/C10H14F3NO2/c11-10(12,13)5-14-9(8(15)16)4-6-1-2-7(9)3-6/h6-7,14H,1-5H2,(H,15,16). The molecule has 2 aliphatic carbocycles. The molecule has 0 heterocycles. The Morgan fingerprint density at radius 3 is 2.50 bits per heavy atom. The monoisotopic (exact) mass is 237 g/mol. The molecule has 2 bridgehead atoms. The number of fused-ring (bicyclic) bond motifs is 2. The predicted octanol–water partition coefficient (Wildman–Crippen LogP) is 1.78. The minimum absolute atomic E-state index is 0.141. The van der Waals surface area contributed by atoms with Gasteiger partial charge in [-0.05, 0) is 31.1 Å². The van der Waals surface area contributed by atoms with Crippen molar-refractivity contribution in [3.8, 4) is 0 Å². The number of aliphatic carboxylic acids is 1. The third-order valence-corrected chi connectivity index (χ3v) is 3.83. The zero-order valence-corrected chi connectivity index (χ0v) is 8.68. The summed E-state index contributed by atoms with van der Waals surface area (Å²) >= 11 is 0. The highest BCUT2D eigenvalue weighted by Crippen LogP contribution is 2.51. The zero-order chi connectivity index (χ0) is 12.0.